The summed E-state index contributed by atoms with van der Waals surface area (Å²) in [5.41, 5.74) is 2.62. The van der Waals surface area contributed by atoms with Crippen LogP contribution in [0.5, 0.6) is 0 Å². The van der Waals surface area contributed by atoms with Gasteiger partial charge in [-0.15, -0.1) is 22.7 Å². The number of fused-ring (bicyclic) bond motifs is 2. The summed E-state index contributed by atoms with van der Waals surface area (Å²) in [4.78, 5) is 29.9. The molecule has 0 radical (unpaired) electrons. The van der Waals surface area contributed by atoms with Crippen LogP contribution in [0.4, 0.5) is 0 Å². The highest BCUT2D eigenvalue weighted by molar-refractivity contribution is 7.10. The van der Waals surface area contributed by atoms with Crippen LogP contribution in [0.3, 0.4) is 0 Å². The molecule has 1 amide bonds. The molecule has 29 heavy (non-hydrogen) atoms. The Balaban J connectivity index is 1.32. The van der Waals surface area contributed by atoms with Crippen LogP contribution in [0.2, 0.25) is 0 Å². The average molecular weight is 425 g/mol. The number of nitrogens with zero attached hydrogens (tertiary/aromatic N) is 2. The quantitative estimate of drug-likeness (QED) is 0.468. The summed E-state index contributed by atoms with van der Waals surface area (Å²) in [6, 6.07) is 13.7. The number of amides is 1. The average Bonchev–Trinajstić information content (AvgIpc) is 3.47. The maximum Gasteiger partial charge on any atom is 0.419 e. The van der Waals surface area contributed by atoms with E-state index in [9.17, 15) is 9.59 Å². The van der Waals surface area contributed by atoms with Crippen molar-refractivity contribution in [3.8, 4) is 0 Å². The first-order chi connectivity index (χ1) is 14.2. The van der Waals surface area contributed by atoms with Crippen molar-refractivity contribution in [1.29, 1.82) is 0 Å². The van der Waals surface area contributed by atoms with Crippen molar-refractivity contribution in [2.75, 3.05) is 6.54 Å². The first kappa shape index (κ1) is 18.4. The van der Waals surface area contributed by atoms with Crippen molar-refractivity contribution >= 4 is 39.7 Å². The summed E-state index contributed by atoms with van der Waals surface area (Å²) >= 11 is 3.47. The molecule has 1 unspecified atom stereocenters. The summed E-state index contributed by atoms with van der Waals surface area (Å²) in [7, 11) is 0. The van der Waals surface area contributed by atoms with Crippen LogP contribution in [-0.4, -0.2) is 21.9 Å². The van der Waals surface area contributed by atoms with Gasteiger partial charge in [-0.2, -0.15) is 0 Å². The van der Waals surface area contributed by atoms with Gasteiger partial charge >= 0.3 is 5.76 Å². The van der Waals surface area contributed by atoms with Gasteiger partial charge in [0, 0.05) is 29.3 Å². The number of thiophene rings is 2. The molecule has 5 nitrogen and oxygen atoms in total. The largest absolute Gasteiger partial charge is 0.419 e. The molecule has 0 N–H and O–H groups in total. The number of hydrogen-bond donors (Lipinski definition) is 0. The van der Waals surface area contributed by atoms with E-state index in [2.05, 4.69) is 22.9 Å². The second-order valence-corrected chi connectivity index (χ2v) is 9.13. The zero-order chi connectivity index (χ0) is 19.8. The molecule has 0 aliphatic carbocycles. The van der Waals surface area contributed by atoms with Gasteiger partial charge in [0.15, 0.2) is 5.58 Å². The van der Waals surface area contributed by atoms with Crippen molar-refractivity contribution in [3.05, 3.63) is 79.1 Å². The van der Waals surface area contributed by atoms with Crippen molar-refractivity contribution in [2.45, 2.75) is 31.8 Å². The number of oxazole rings is 1. The Hall–Kier alpha value is -2.64. The van der Waals surface area contributed by atoms with Gasteiger partial charge in [-0.05, 0) is 53.4 Å². The monoisotopic (exact) mass is 424 g/mol. The van der Waals surface area contributed by atoms with Gasteiger partial charge in [0.2, 0.25) is 5.91 Å². The lowest BCUT2D eigenvalue weighted by Crippen LogP contribution is -2.39. The second-order valence-electron chi connectivity index (χ2n) is 7.15. The fourth-order valence-electron chi connectivity index (χ4n) is 4.10. The van der Waals surface area contributed by atoms with Crippen LogP contribution in [0, 0.1) is 0 Å². The molecule has 0 spiro atoms. The summed E-state index contributed by atoms with van der Waals surface area (Å²) in [6.07, 6.45) is 1.92. The van der Waals surface area contributed by atoms with Crippen LogP contribution < -0.4 is 5.76 Å². The van der Waals surface area contributed by atoms with E-state index in [4.69, 9.17) is 4.42 Å². The first-order valence-electron chi connectivity index (χ1n) is 9.70. The lowest BCUT2D eigenvalue weighted by Gasteiger charge is -2.35. The molecule has 0 saturated carbocycles. The Labute approximate surface area is 175 Å². The highest BCUT2D eigenvalue weighted by Crippen LogP contribution is 2.39. The fraction of sp³-hybridized carbons (Fsp3) is 0.273. The Bertz CT molecular complexity index is 1200. The predicted octanol–water partition coefficient (Wildman–Crippen LogP) is 4.67. The van der Waals surface area contributed by atoms with E-state index in [1.807, 2.05) is 29.2 Å². The molecule has 0 bridgehead atoms. The third-order valence-corrected chi connectivity index (χ3v) is 7.37. The summed E-state index contributed by atoms with van der Waals surface area (Å²) in [5, 5.41) is 4.19. The zero-order valence-corrected chi connectivity index (χ0v) is 17.4. The molecule has 1 atom stereocenters. The summed E-state index contributed by atoms with van der Waals surface area (Å²) in [6.45, 7) is 1.21. The molecule has 0 fully saturated rings. The van der Waals surface area contributed by atoms with Gasteiger partial charge in [-0.1, -0.05) is 18.2 Å². The molecule has 7 heteroatoms. The molecule has 1 aliphatic rings. The van der Waals surface area contributed by atoms with Crippen molar-refractivity contribution in [2.24, 2.45) is 0 Å². The van der Waals surface area contributed by atoms with Crippen LogP contribution in [-0.2, 0) is 17.8 Å². The Kier molecular flexibility index (Phi) is 4.85. The number of aryl methyl sites for hydroxylation is 1. The summed E-state index contributed by atoms with van der Waals surface area (Å²) in [5.74, 6) is -0.225. The number of carbonyl (C=O) groups is 1. The van der Waals surface area contributed by atoms with E-state index < -0.39 is 0 Å². The van der Waals surface area contributed by atoms with E-state index in [-0.39, 0.29) is 17.7 Å². The molecule has 3 aromatic heterocycles. The van der Waals surface area contributed by atoms with Gasteiger partial charge in [0.1, 0.15) is 0 Å². The van der Waals surface area contributed by atoms with Crippen LogP contribution in [0.15, 0.2) is 62.4 Å². The minimum absolute atomic E-state index is 0.00924. The SMILES string of the molecule is O=C(CCCn1c(=O)oc2ccccc21)N1CCc2sccc2C1c1cccs1. The lowest BCUT2D eigenvalue weighted by atomic mass is 9.98. The van der Waals surface area contributed by atoms with Gasteiger partial charge in [0.25, 0.3) is 0 Å². The Morgan fingerprint density at radius 3 is 2.86 bits per heavy atom. The first-order valence-corrected chi connectivity index (χ1v) is 11.5. The van der Waals surface area contributed by atoms with E-state index in [1.54, 1.807) is 33.3 Å². The number of benzene rings is 1. The third kappa shape index (κ3) is 3.34. The molecular formula is C22H20N2O3S2. The highest BCUT2D eigenvalue weighted by Gasteiger charge is 2.33. The molecular weight excluding hydrogens is 404 g/mol. The Morgan fingerprint density at radius 2 is 2.00 bits per heavy atom. The third-order valence-electron chi connectivity index (χ3n) is 5.45. The second kappa shape index (κ2) is 7.65. The maximum absolute atomic E-state index is 13.1. The maximum atomic E-state index is 13.1. The van der Waals surface area contributed by atoms with Crippen molar-refractivity contribution in [3.63, 3.8) is 0 Å². The number of aromatic nitrogens is 1. The molecule has 1 aromatic carbocycles. The Morgan fingerprint density at radius 1 is 1.10 bits per heavy atom. The summed E-state index contributed by atoms with van der Waals surface area (Å²) < 4.78 is 6.90. The predicted molar refractivity (Wildman–Crippen MR) is 116 cm³/mol. The lowest BCUT2D eigenvalue weighted by molar-refractivity contribution is -0.133. The fourth-order valence-corrected chi connectivity index (χ4v) is 5.85. The van der Waals surface area contributed by atoms with Crippen LogP contribution in [0.1, 0.15) is 34.2 Å². The van der Waals surface area contributed by atoms with Gasteiger partial charge < -0.3 is 9.32 Å². The molecule has 148 valence electrons. The number of para-hydroxylation sites is 2. The molecule has 4 aromatic rings. The normalized spacial score (nSPS) is 16.3. The van der Waals surface area contributed by atoms with Gasteiger partial charge in [0.05, 0.1) is 11.6 Å². The smallest absolute Gasteiger partial charge is 0.408 e. The standard InChI is InChI=1S/C22H20N2O3S2/c25-20(8-3-11-23-16-5-1-2-6-17(16)27-22(23)26)24-12-9-18-15(10-14-29-18)21(24)19-7-4-13-28-19/h1-2,4-7,10,13-14,21H,3,8-9,11-12H2. The molecule has 5 rings (SSSR count). The van der Waals surface area contributed by atoms with Crippen molar-refractivity contribution in [1.82, 2.24) is 9.47 Å². The number of carbonyl (C=O) groups excluding carboxylic acids is 1. The molecule has 1 aliphatic heterocycles. The van der Waals surface area contributed by atoms with E-state index in [0.29, 0.717) is 25.0 Å². The van der Waals surface area contributed by atoms with Gasteiger partial charge in [-0.3, -0.25) is 9.36 Å². The van der Waals surface area contributed by atoms with Crippen LogP contribution >= 0.6 is 22.7 Å². The number of hydrogen-bond acceptors (Lipinski definition) is 5. The van der Waals surface area contributed by atoms with Crippen molar-refractivity contribution < 1.29 is 9.21 Å². The van der Waals surface area contributed by atoms with Crippen LogP contribution in [0.25, 0.3) is 11.1 Å². The molecule has 4 heterocycles. The molecule has 0 saturated heterocycles. The van der Waals surface area contributed by atoms with E-state index in [0.717, 1.165) is 18.5 Å². The topological polar surface area (TPSA) is 55.5 Å². The zero-order valence-electron chi connectivity index (χ0n) is 15.7. The minimum atomic E-state index is -0.365. The number of rotatable bonds is 5. The minimum Gasteiger partial charge on any atom is -0.408 e. The highest BCUT2D eigenvalue weighted by atomic mass is 32.1. The van der Waals surface area contributed by atoms with Gasteiger partial charge in [-0.25, -0.2) is 4.79 Å². The van der Waals surface area contributed by atoms with E-state index >= 15 is 0 Å². The van der Waals surface area contributed by atoms with E-state index in [1.165, 1.54) is 15.3 Å².